The van der Waals surface area contributed by atoms with Crippen LogP contribution in [0.2, 0.25) is 0 Å². The van der Waals surface area contributed by atoms with Crippen LogP contribution in [0.5, 0.6) is 0 Å². The first-order valence-electron chi connectivity index (χ1n) is 6.14. The van der Waals surface area contributed by atoms with Crippen molar-refractivity contribution in [2.24, 2.45) is 0 Å². The van der Waals surface area contributed by atoms with Crippen LogP contribution in [-0.2, 0) is 6.54 Å². The van der Waals surface area contributed by atoms with Crippen LogP contribution in [0.3, 0.4) is 0 Å². The van der Waals surface area contributed by atoms with Gasteiger partial charge in [0.2, 0.25) is 0 Å². The summed E-state index contributed by atoms with van der Waals surface area (Å²) in [5, 5.41) is 11.3. The third kappa shape index (κ3) is 2.13. The average Bonchev–Trinajstić information content (AvgIpc) is 2.59. The molecule has 0 bridgehead atoms. The van der Waals surface area contributed by atoms with Crippen LogP contribution in [0, 0.1) is 13.8 Å². The first kappa shape index (κ1) is 11.6. The normalized spacial score (nSPS) is 17.9. The first-order valence-corrected chi connectivity index (χ1v) is 6.14. The molecule has 0 unspecified atom stereocenters. The molecule has 0 radical (unpaired) electrons. The van der Waals surface area contributed by atoms with Gasteiger partial charge in [-0.15, -0.1) is 0 Å². The van der Waals surface area contributed by atoms with E-state index in [-0.39, 0.29) is 0 Å². The van der Waals surface area contributed by atoms with E-state index in [9.17, 15) is 0 Å². The van der Waals surface area contributed by atoms with Crippen LogP contribution in [0.4, 0.5) is 0 Å². The zero-order chi connectivity index (χ0) is 11.5. The SMILES string of the molecule is CNCc1c(C)nn(C2CCNCC2)c1C. The van der Waals surface area contributed by atoms with E-state index in [1.54, 1.807) is 0 Å². The Kier molecular flexibility index (Phi) is 3.61. The van der Waals surface area contributed by atoms with Gasteiger partial charge in [0.1, 0.15) is 0 Å². The number of nitrogens with zero attached hydrogens (tertiary/aromatic N) is 2. The van der Waals surface area contributed by atoms with Gasteiger partial charge in [0, 0.05) is 17.8 Å². The van der Waals surface area contributed by atoms with E-state index in [2.05, 4.69) is 29.2 Å². The lowest BCUT2D eigenvalue weighted by atomic mass is 10.1. The smallest absolute Gasteiger partial charge is 0.0641 e. The van der Waals surface area contributed by atoms with Crippen LogP contribution < -0.4 is 10.6 Å². The molecule has 0 atom stereocenters. The van der Waals surface area contributed by atoms with Gasteiger partial charge in [-0.3, -0.25) is 4.68 Å². The lowest BCUT2D eigenvalue weighted by Crippen LogP contribution is -2.30. The third-order valence-corrected chi connectivity index (χ3v) is 3.48. The molecule has 0 aromatic carbocycles. The molecule has 0 amide bonds. The highest BCUT2D eigenvalue weighted by atomic mass is 15.3. The quantitative estimate of drug-likeness (QED) is 0.806. The van der Waals surface area contributed by atoms with E-state index in [1.807, 2.05) is 7.05 Å². The van der Waals surface area contributed by atoms with Crippen molar-refractivity contribution < 1.29 is 0 Å². The summed E-state index contributed by atoms with van der Waals surface area (Å²) in [6, 6.07) is 0.588. The van der Waals surface area contributed by atoms with E-state index in [0.717, 1.165) is 19.6 Å². The van der Waals surface area contributed by atoms with Crippen molar-refractivity contribution in [2.75, 3.05) is 20.1 Å². The summed E-state index contributed by atoms with van der Waals surface area (Å²) in [5.41, 5.74) is 3.87. The van der Waals surface area contributed by atoms with Crippen molar-refractivity contribution in [1.29, 1.82) is 0 Å². The van der Waals surface area contributed by atoms with Crippen molar-refractivity contribution in [2.45, 2.75) is 39.3 Å². The van der Waals surface area contributed by atoms with Gasteiger partial charge in [0.25, 0.3) is 0 Å². The number of hydrogen-bond acceptors (Lipinski definition) is 3. The van der Waals surface area contributed by atoms with Crippen LogP contribution in [0.15, 0.2) is 0 Å². The molecule has 2 rings (SSSR count). The molecule has 2 heterocycles. The monoisotopic (exact) mass is 222 g/mol. The fraction of sp³-hybridized carbons (Fsp3) is 0.750. The third-order valence-electron chi connectivity index (χ3n) is 3.48. The van der Waals surface area contributed by atoms with Crippen LogP contribution in [-0.4, -0.2) is 29.9 Å². The maximum absolute atomic E-state index is 4.70. The predicted octanol–water partition coefficient (Wildman–Crippen LogP) is 1.14. The number of aryl methyl sites for hydroxylation is 1. The summed E-state index contributed by atoms with van der Waals surface area (Å²) in [7, 11) is 1.99. The maximum atomic E-state index is 4.70. The minimum atomic E-state index is 0.588. The summed E-state index contributed by atoms with van der Waals surface area (Å²) < 4.78 is 2.24. The van der Waals surface area contributed by atoms with Crippen LogP contribution in [0.1, 0.15) is 35.8 Å². The fourth-order valence-electron chi connectivity index (χ4n) is 2.54. The number of nitrogens with one attached hydrogen (secondary N) is 2. The average molecular weight is 222 g/mol. The Hall–Kier alpha value is -0.870. The second kappa shape index (κ2) is 4.97. The molecule has 1 saturated heterocycles. The van der Waals surface area contributed by atoms with Crippen molar-refractivity contribution in [1.82, 2.24) is 20.4 Å². The van der Waals surface area contributed by atoms with Gasteiger partial charge in [0.05, 0.1) is 11.7 Å². The molecule has 1 aromatic heterocycles. The van der Waals surface area contributed by atoms with Crippen LogP contribution in [0.25, 0.3) is 0 Å². The fourth-order valence-corrected chi connectivity index (χ4v) is 2.54. The summed E-state index contributed by atoms with van der Waals surface area (Å²) in [6.45, 7) is 7.45. The number of aromatic nitrogens is 2. The van der Waals surface area contributed by atoms with E-state index in [1.165, 1.54) is 29.8 Å². The Balaban J connectivity index is 2.23. The number of hydrogen-bond donors (Lipinski definition) is 2. The highest BCUT2D eigenvalue weighted by Gasteiger charge is 2.20. The lowest BCUT2D eigenvalue weighted by Gasteiger charge is -2.24. The Bertz CT molecular complexity index is 350. The van der Waals surface area contributed by atoms with E-state index in [0.29, 0.717) is 6.04 Å². The van der Waals surface area contributed by atoms with Gasteiger partial charge in [-0.25, -0.2) is 0 Å². The minimum absolute atomic E-state index is 0.588. The Morgan fingerprint density at radius 2 is 2.06 bits per heavy atom. The van der Waals surface area contributed by atoms with Gasteiger partial charge < -0.3 is 10.6 Å². The highest BCUT2D eigenvalue weighted by Crippen LogP contribution is 2.23. The van der Waals surface area contributed by atoms with Crippen molar-refractivity contribution >= 4 is 0 Å². The van der Waals surface area contributed by atoms with Crippen molar-refractivity contribution in [3.63, 3.8) is 0 Å². The van der Waals surface area contributed by atoms with Gasteiger partial charge >= 0.3 is 0 Å². The second-order valence-electron chi connectivity index (χ2n) is 4.61. The predicted molar refractivity (Wildman–Crippen MR) is 65.6 cm³/mol. The molecule has 90 valence electrons. The molecule has 2 N–H and O–H groups in total. The zero-order valence-corrected chi connectivity index (χ0v) is 10.5. The number of rotatable bonds is 3. The van der Waals surface area contributed by atoms with Gasteiger partial charge in [-0.2, -0.15) is 5.10 Å². The van der Waals surface area contributed by atoms with E-state index in [4.69, 9.17) is 5.10 Å². The standard InChI is InChI=1S/C12H22N4/c1-9-12(8-13-3)10(2)16(15-9)11-4-6-14-7-5-11/h11,13-14H,4-8H2,1-3H3. The molecule has 4 nitrogen and oxygen atoms in total. The molecule has 1 fully saturated rings. The second-order valence-corrected chi connectivity index (χ2v) is 4.61. The lowest BCUT2D eigenvalue weighted by molar-refractivity contribution is 0.337. The summed E-state index contributed by atoms with van der Waals surface area (Å²) in [6.07, 6.45) is 2.39. The zero-order valence-electron chi connectivity index (χ0n) is 10.5. The molecule has 1 aliphatic heterocycles. The van der Waals surface area contributed by atoms with Crippen molar-refractivity contribution in [3.05, 3.63) is 17.0 Å². The van der Waals surface area contributed by atoms with Gasteiger partial charge in [-0.1, -0.05) is 0 Å². The molecule has 1 aromatic rings. The first-order chi connectivity index (χ1) is 7.74. The van der Waals surface area contributed by atoms with E-state index < -0.39 is 0 Å². The Labute approximate surface area is 97.4 Å². The summed E-state index contributed by atoms with van der Waals surface area (Å²) in [5.74, 6) is 0. The number of piperidine rings is 1. The topological polar surface area (TPSA) is 41.9 Å². The van der Waals surface area contributed by atoms with Crippen LogP contribution >= 0.6 is 0 Å². The molecule has 0 saturated carbocycles. The Morgan fingerprint density at radius 3 is 2.69 bits per heavy atom. The highest BCUT2D eigenvalue weighted by molar-refractivity contribution is 5.24. The summed E-state index contributed by atoms with van der Waals surface area (Å²) in [4.78, 5) is 0. The largest absolute Gasteiger partial charge is 0.317 e. The van der Waals surface area contributed by atoms with Gasteiger partial charge in [-0.05, 0) is 46.8 Å². The van der Waals surface area contributed by atoms with Crippen molar-refractivity contribution in [3.8, 4) is 0 Å². The molecular formula is C12H22N4. The van der Waals surface area contributed by atoms with Gasteiger partial charge in [0.15, 0.2) is 0 Å². The molecule has 0 spiro atoms. The maximum Gasteiger partial charge on any atom is 0.0641 e. The van der Waals surface area contributed by atoms with E-state index >= 15 is 0 Å². The Morgan fingerprint density at radius 1 is 1.38 bits per heavy atom. The summed E-state index contributed by atoms with van der Waals surface area (Å²) >= 11 is 0. The molecule has 0 aliphatic carbocycles. The molecular weight excluding hydrogens is 200 g/mol. The molecule has 16 heavy (non-hydrogen) atoms. The molecule has 4 heteroatoms. The molecule has 1 aliphatic rings. The minimum Gasteiger partial charge on any atom is -0.317 e.